The van der Waals surface area contributed by atoms with Gasteiger partial charge in [0.1, 0.15) is 17.1 Å². The van der Waals surface area contributed by atoms with Gasteiger partial charge in [0.2, 0.25) is 5.95 Å². The largest absolute Gasteiger partial charge is 0.507 e. The second-order valence-electron chi connectivity index (χ2n) is 4.68. The summed E-state index contributed by atoms with van der Waals surface area (Å²) in [6.45, 7) is 3.21. The Balaban J connectivity index is 2.09. The van der Waals surface area contributed by atoms with Gasteiger partial charge in [0.25, 0.3) is 0 Å². The van der Waals surface area contributed by atoms with Gasteiger partial charge < -0.3 is 14.5 Å². The first-order chi connectivity index (χ1) is 10.0. The molecule has 2 heterocycles. The molecule has 3 rings (SSSR count). The second-order valence-corrected chi connectivity index (χ2v) is 4.68. The lowest BCUT2D eigenvalue weighted by atomic mass is 10.2. The summed E-state index contributed by atoms with van der Waals surface area (Å²) in [5, 5.41) is 9.89. The van der Waals surface area contributed by atoms with Crippen molar-refractivity contribution in [2.45, 2.75) is 13.8 Å². The fourth-order valence-corrected chi connectivity index (χ4v) is 2.14. The number of benzene rings is 1. The third kappa shape index (κ3) is 2.43. The first-order valence-electron chi connectivity index (χ1n) is 6.39. The van der Waals surface area contributed by atoms with Gasteiger partial charge in [-0.2, -0.15) is 0 Å². The summed E-state index contributed by atoms with van der Waals surface area (Å²) in [6.07, 6.45) is 0. The number of nitrogens with zero attached hydrogens (tertiary/aromatic N) is 2. The summed E-state index contributed by atoms with van der Waals surface area (Å²) in [7, 11) is 0. The summed E-state index contributed by atoms with van der Waals surface area (Å²) in [6, 6.07) is 8.89. The maximum absolute atomic E-state index is 11.8. The van der Waals surface area contributed by atoms with E-state index >= 15 is 0 Å². The average molecular weight is 283 g/mol. The lowest BCUT2D eigenvalue weighted by Crippen LogP contribution is -2.13. The van der Waals surface area contributed by atoms with E-state index in [-0.39, 0.29) is 11.3 Å². The molecule has 0 saturated carbocycles. The number of aliphatic imine (C=N–C) groups is 1. The predicted molar refractivity (Wildman–Crippen MR) is 79.3 cm³/mol. The standard InChI is InChI=1S/C15H13N3O3/c1-8-7-12(19)13(14(20)21-8)9(2)16-15-17-10-5-3-4-6-11(10)18-15/h3-7,19H,1-2H3,(H,17,18)/b16-9+. The van der Waals surface area contributed by atoms with Crippen molar-refractivity contribution < 1.29 is 9.52 Å². The molecule has 0 spiro atoms. The van der Waals surface area contributed by atoms with Crippen molar-refractivity contribution in [1.82, 2.24) is 9.97 Å². The molecule has 6 nitrogen and oxygen atoms in total. The average Bonchev–Trinajstić information content (AvgIpc) is 2.79. The number of aryl methyl sites for hydroxylation is 1. The molecule has 0 saturated heterocycles. The van der Waals surface area contributed by atoms with E-state index in [4.69, 9.17) is 4.42 Å². The quantitative estimate of drug-likeness (QED) is 0.707. The number of aromatic amines is 1. The highest BCUT2D eigenvalue weighted by Gasteiger charge is 2.13. The number of para-hydroxylation sites is 2. The molecule has 3 aromatic rings. The Hall–Kier alpha value is -2.89. The zero-order chi connectivity index (χ0) is 15.0. The van der Waals surface area contributed by atoms with Crippen molar-refractivity contribution in [2.24, 2.45) is 4.99 Å². The van der Waals surface area contributed by atoms with E-state index in [1.807, 2.05) is 24.3 Å². The minimum atomic E-state index is -0.620. The van der Waals surface area contributed by atoms with E-state index in [1.54, 1.807) is 13.8 Å². The molecule has 0 aliphatic heterocycles. The van der Waals surface area contributed by atoms with E-state index in [0.717, 1.165) is 11.0 Å². The summed E-state index contributed by atoms with van der Waals surface area (Å²) < 4.78 is 4.98. The molecule has 0 fully saturated rings. The van der Waals surface area contributed by atoms with E-state index in [0.29, 0.717) is 17.4 Å². The van der Waals surface area contributed by atoms with Crippen LogP contribution < -0.4 is 5.63 Å². The van der Waals surface area contributed by atoms with Crippen LogP contribution in [-0.2, 0) is 0 Å². The third-order valence-electron chi connectivity index (χ3n) is 3.07. The Bertz CT molecular complexity index is 873. The highest BCUT2D eigenvalue weighted by Crippen LogP contribution is 2.19. The van der Waals surface area contributed by atoms with Crippen LogP contribution in [0.25, 0.3) is 11.0 Å². The maximum atomic E-state index is 11.8. The van der Waals surface area contributed by atoms with E-state index in [9.17, 15) is 9.90 Å². The maximum Gasteiger partial charge on any atom is 0.348 e. The Morgan fingerprint density at radius 3 is 2.86 bits per heavy atom. The van der Waals surface area contributed by atoms with Crippen LogP contribution in [0.15, 0.2) is 44.5 Å². The van der Waals surface area contributed by atoms with Crippen molar-refractivity contribution in [3.05, 3.63) is 52.1 Å². The van der Waals surface area contributed by atoms with Crippen LogP contribution in [0.4, 0.5) is 5.95 Å². The lowest BCUT2D eigenvalue weighted by Gasteiger charge is -2.02. The van der Waals surface area contributed by atoms with Crippen LogP contribution in [0, 0.1) is 6.92 Å². The SMILES string of the molecule is C/C(=N\c1nc2ccccc2[nH]1)c1c(O)cc(C)oc1=O. The molecule has 0 bridgehead atoms. The van der Waals surface area contributed by atoms with Crippen molar-refractivity contribution in [2.75, 3.05) is 0 Å². The number of fused-ring (bicyclic) bond motifs is 1. The van der Waals surface area contributed by atoms with Crippen LogP contribution in [0.2, 0.25) is 0 Å². The van der Waals surface area contributed by atoms with Gasteiger partial charge >= 0.3 is 5.63 Å². The Morgan fingerprint density at radius 2 is 2.14 bits per heavy atom. The van der Waals surface area contributed by atoms with Gasteiger partial charge in [-0.3, -0.25) is 0 Å². The van der Waals surface area contributed by atoms with Gasteiger partial charge in [-0.15, -0.1) is 0 Å². The Labute approximate surface area is 119 Å². The van der Waals surface area contributed by atoms with Gasteiger partial charge in [0, 0.05) is 6.07 Å². The van der Waals surface area contributed by atoms with Gasteiger partial charge in [-0.25, -0.2) is 14.8 Å². The van der Waals surface area contributed by atoms with Crippen LogP contribution >= 0.6 is 0 Å². The molecule has 2 N–H and O–H groups in total. The zero-order valence-electron chi connectivity index (χ0n) is 11.5. The summed E-state index contributed by atoms with van der Waals surface area (Å²) in [5.41, 5.74) is 1.39. The van der Waals surface area contributed by atoms with Crippen molar-refractivity contribution in [3.63, 3.8) is 0 Å². The van der Waals surface area contributed by atoms with Crippen molar-refractivity contribution in [3.8, 4) is 5.75 Å². The molecule has 0 radical (unpaired) electrons. The smallest absolute Gasteiger partial charge is 0.348 e. The predicted octanol–water partition coefficient (Wildman–Crippen LogP) is 2.67. The van der Waals surface area contributed by atoms with Crippen LogP contribution in [0.1, 0.15) is 18.2 Å². The van der Waals surface area contributed by atoms with E-state index < -0.39 is 5.63 Å². The van der Waals surface area contributed by atoms with Crippen LogP contribution in [0.5, 0.6) is 5.75 Å². The van der Waals surface area contributed by atoms with E-state index in [2.05, 4.69) is 15.0 Å². The molecule has 0 aliphatic rings. The molecule has 21 heavy (non-hydrogen) atoms. The number of H-pyrrole nitrogens is 1. The second kappa shape index (κ2) is 4.90. The number of rotatable bonds is 2. The minimum absolute atomic E-state index is 0.0426. The highest BCUT2D eigenvalue weighted by atomic mass is 16.4. The summed E-state index contributed by atoms with van der Waals surface area (Å²) >= 11 is 0. The topological polar surface area (TPSA) is 91.5 Å². The Morgan fingerprint density at radius 1 is 1.38 bits per heavy atom. The fraction of sp³-hybridized carbons (Fsp3) is 0.133. The third-order valence-corrected chi connectivity index (χ3v) is 3.07. The molecule has 106 valence electrons. The van der Waals surface area contributed by atoms with Gasteiger partial charge in [0.05, 0.1) is 16.7 Å². The number of aromatic hydroxyl groups is 1. The molecular weight excluding hydrogens is 270 g/mol. The fourth-order valence-electron chi connectivity index (χ4n) is 2.14. The minimum Gasteiger partial charge on any atom is -0.507 e. The molecule has 0 unspecified atom stereocenters. The summed E-state index contributed by atoms with van der Waals surface area (Å²) in [5.74, 6) is 0.562. The zero-order valence-corrected chi connectivity index (χ0v) is 11.5. The monoisotopic (exact) mass is 283 g/mol. The molecule has 2 aromatic heterocycles. The number of nitrogens with one attached hydrogen (secondary N) is 1. The van der Waals surface area contributed by atoms with Crippen LogP contribution in [-0.4, -0.2) is 20.8 Å². The number of hydrogen-bond acceptors (Lipinski definition) is 5. The molecular formula is C15H13N3O3. The molecule has 6 heteroatoms. The van der Waals surface area contributed by atoms with Gasteiger partial charge in [-0.1, -0.05) is 12.1 Å². The van der Waals surface area contributed by atoms with Crippen molar-refractivity contribution in [1.29, 1.82) is 0 Å². The first kappa shape index (κ1) is 13.1. The van der Waals surface area contributed by atoms with Gasteiger partial charge in [0.15, 0.2) is 0 Å². The lowest BCUT2D eigenvalue weighted by molar-refractivity contribution is 0.432. The highest BCUT2D eigenvalue weighted by molar-refractivity contribution is 6.01. The number of hydrogen-bond donors (Lipinski definition) is 2. The summed E-state index contributed by atoms with van der Waals surface area (Å²) in [4.78, 5) is 23.4. The van der Waals surface area contributed by atoms with Gasteiger partial charge in [-0.05, 0) is 26.0 Å². The Kier molecular flexibility index (Phi) is 3.06. The molecule has 0 amide bonds. The molecule has 1 aromatic carbocycles. The normalized spacial score (nSPS) is 12.0. The van der Waals surface area contributed by atoms with E-state index in [1.165, 1.54) is 6.07 Å². The van der Waals surface area contributed by atoms with Crippen molar-refractivity contribution >= 4 is 22.7 Å². The number of imidazole rings is 1. The molecule has 0 atom stereocenters. The first-order valence-corrected chi connectivity index (χ1v) is 6.39. The van der Waals surface area contributed by atoms with Crippen LogP contribution in [0.3, 0.4) is 0 Å². The molecule has 0 aliphatic carbocycles. The number of aromatic nitrogens is 2.